The summed E-state index contributed by atoms with van der Waals surface area (Å²) < 4.78 is 1.54. The molecule has 1 aromatic carbocycles. The molecule has 0 unspecified atom stereocenters. The first-order chi connectivity index (χ1) is 10.5. The van der Waals surface area contributed by atoms with E-state index < -0.39 is 0 Å². The molecule has 1 N–H and O–H groups in total. The van der Waals surface area contributed by atoms with Crippen LogP contribution in [0.15, 0.2) is 41.7 Å². The average molecular weight is 293 g/mol. The van der Waals surface area contributed by atoms with Gasteiger partial charge in [0.2, 0.25) is 0 Å². The third-order valence-corrected chi connectivity index (χ3v) is 4.01. The molecule has 112 valence electrons. The molecule has 0 amide bonds. The molecular formula is C18H19N3O. The minimum absolute atomic E-state index is 0.0520. The molecule has 3 rings (SSSR count). The SMILES string of the molecule is C=CCc1c(C)nc2c(C)c(-c3ccc(C)cc3)[nH]n2c1=O. The summed E-state index contributed by atoms with van der Waals surface area (Å²) in [6, 6.07) is 8.22. The third kappa shape index (κ3) is 2.17. The monoisotopic (exact) mass is 293 g/mol. The number of hydrogen-bond donors (Lipinski definition) is 1. The van der Waals surface area contributed by atoms with Crippen molar-refractivity contribution in [3.8, 4) is 11.3 Å². The Morgan fingerprint density at radius 3 is 2.55 bits per heavy atom. The summed E-state index contributed by atoms with van der Waals surface area (Å²) >= 11 is 0. The van der Waals surface area contributed by atoms with Gasteiger partial charge in [-0.1, -0.05) is 35.9 Å². The lowest BCUT2D eigenvalue weighted by molar-refractivity contribution is 0.866. The Morgan fingerprint density at radius 2 is 1.91 bits per heavy atom. The van der Waals surface area contributed by atoms with E-state index in [2.05, 4.69) is 47.9 Å². The number of allylic oxidation sites excluding steroid dienone is 1. The Labute approximate surface area is 129 Å². The Kier molecular flexibility index (Phi) is 3.45. The van der Waals surface area contributed by atoms with Crippen LogP contribution in [-0.4, -0.2) is 14.6 Å². The van der Waals surface area contributed by atoms with Crippen molar-refractivity contribution >= 4 is 5.65 Å². The van der Waals surface area contributed by atoms with Gasteiger partial charge in [-0.25, -0.2) is 9.50 Å². The van der Waals surface area contributed by atoms with Gasteiger partial charge in [0.1, 0.15) is 0 Å². The summed E-state index contributed by atoms with van der Waals surface area (Å²) in [6.45, 7) is 9.62. The van der Waals surface area contributed by atoms with Crippen LogP contribution in [0, 0.1) is 20.8 Å². The van der Waals surface area contributed by atoms with Gasteiger partial charge in [0.25, 0.3) is 5.56 Å². The minimum atomic E-state index is -0.0520. The molecule has 0 aliphatic carbocycles. The highest BCUT2D eigenvalue weighted by Crippen LogP contribution is 2.24. The Balaban J connectivity index is 2.29. The van der Waals surface area contributed by atoms with Crippen molar-refractivity contribution in [2.75, 3.05) is 0 Å². The predicted molar refractivity (Wildman–Crippen MR) is 89.4 cm³/mol. The highest BCUT2D eigenvalue weighted by atomic mass is 16.1. The van der Waals surface area contributed by atoms with Gasteiger partial charge in [-0.05, 0) is 32.8 Å². The van der Waals surface area contributed by atoms with Crippen molar-refractivity contribution in [1.82, 2.24) is 14.6 Å². The van der Waals surface area contributed by atoms with E-state index in [9.17, 15) is 4.79 Å². The molecular weight excluding hydrogens is 274 g/mol. The summed E-state index contributed by atoms with van der Waals surface area (Å²) in [5.74, 6) is 0. The molecule has 0 saturated heterocycles. The molecule has 0 radical (unpaired) electrons. The summed E-state index contributed by atoms with van der Waals surface area (Å²) in [5.41, 5.74) is 6.25. The third-order valence-electron chi connectivity index (χ3n) is 4.01. The normalized spacial score (nSPS) is 11.0. The van der Waals surface area contributed by atoms with Gasteiger partial charge in [0, 0.05) is 16.8 Å². The van der Waals surface area contributed by atoms with Crippen LogP contribution in [0.2, 0.25) is 0 Å². The summed E-state index contributed by atoms with van der Waals surface area (Å²) in [7, 11) is 0. The number of aromatic nitrogens is 3. The van der Waals surface area contributed by atoms with Crippen LogP contribution in [0.4, 0.5) is 0 Å². The second-order valence-corrected chi connectivity index (χ2v) is 5.61. The molecule has 0 aliphatic heterocycles. The van der Waals surface area contributed by atoms with Crippen LogP contribution in [0.3, 0.4) is 0 Å². The lowest BCUT2D eigenvalue weighted by Crippen LogP contribution is -2.21. The van der Waals surface area contributed by atoms with Crippen molar-refractivity contribution in [2.24, 2.45) is 0 Å². The van der Waals surface area contributed by atoms with Gasteiger partial charge in [0.05, 0.1) is 5.69 Å². The maximum atomic E-state index is 12.6. The van der Waals surface area contributed by atoms with Gasteiger partial charge in [-0.15, -0.1) is 6.58 Å². The van der Waals surface area contributed by atoms with E-state index in [-0.39, 0.29) is 5.56 Å². The molecule has 0 saturated carbocycles. The zero-order valence-corrected chi connectivity index (χ0v) is 13.1. The van der Waals surface area contributed by atoms with Crippen LogP contribution in [0.25, 0.3) is 16.9 Å². The molecule has 4 nitrogen and oxygen atoms in total. The number of rotatable bonds is 3. The fraction of sp³-hybridized carbons (Fsp3) is 0.222. The molecule has 2 aromatic heterocycles. The van der Waals surface area contributed by atoms with Crippen molar-refractivity contribution in [2.45, 2.75) is 27.2 Å². The van der Waals surface area contributed by atoms with Gasteiger partial charge in [-0.2, -0.15) is 0 Å². The van der Waals surface area contributed by atoms with Crippen LogP contribution in [0.1, 0.15) is 22.4 Å². The first-order valence-electron chi connectivity index (χ1n) is 7.31. The van der Waals surface area contributed by atoms with E-state index in [1.54, 1.807) is 6.08 Å². The Morgan fingerprint density at radius 1 is 1.23 bits per heavy atom. The van der Waals surface area contributed by atoms with Crippen LogP contribution < -0.4 is 5.56 Å². The summed E-state index contributed by atoms with van der Waals surface area (Å²) in [4.78, 5) is 17.2. The van der Waals surface area contributed by atoms with E-state index in [4.69, 9.17) is 0 Å². The molecule has 3 aromatic rings. The van der Waals surface area contributed by atoms with Crippen molar-refractivity contribution < 1.29 is 0 Å². The highest BCUT2D eigenvalue weighted by Gasteiger charge is 2.15. The Bertz CT molecular complexity index is 914. The smallest absolute Gasteiger partial charge is 0.276 e. The highest BCUT2D eigenvalue weighted by molar-refractivity contribution is 5.70. The molecule has 0 fully saturated rings. The number of nitrogens with zero attached hydrogens (tertiary/aromatic N) is 2. The molecule has 2 heterocycles. The van der Waals surface area contributed by atoms with Crippen LogP contribution in [-0.2, 0) is 6.42 Å². The number of H-pyrrole nitrogens is 1. The lowest BCUT2D eigenvalue weighted by Gasteiger charge is -2.02. The second-order valence-electron chi connectivity index (χ2n) is 5.61. The number of hydrogen-bond acceptors (Lipinski definition) is 2. The summed E-state index contributed by atoms with van der Waals surface area (Å²) in [6.07, 6.45) is 2.26. The van der Waals surface area contributed by atoms with Gasteiger partial charge >= 0.3 is 0 Å². The van der Waals surface area contributed by atoms with E-state index in [1.165, 1.54) is 10.1 Å². The van der Waals surface area contributed by atoms with Gasteiger partial charge < -0.3 is 0 Å². The lowest BCUT2D eigenvalue weighted by atomic mass is 10.1. The first-order valence-corrected chi connectivity index (χ1v) is 7.31. The largest absolute Gasteiger partial charge is 0.289 e. The fourth-order valence-electron chi connectivity index (χ4n) is 2.71. The zero-order valence-electron chi connectivity index (χ0n) is 13.1. The topological polar surface area (TPSA) is 50.2 Å². The maximum absolute atomic E-state index is 12.6. The minimum Gasteiger partial charge on any atom is -0.289 e. The fourth-order valence-corrected chi connectivity index (χ4v) is 2.71. The molecule has 0 atom stereocenters. The average Bonchev–Trinajstić information content (AvgIpc) is 2.82. The van der Waals surface area contributed by atoms with Crippen molar-refractivity contribution in [3.63, 3.8) is 0 Å². The Hall–Kier alpha value is -2.62. The molecule has 0 bridgehead atoms. The van der Waals surface area contributed by atoms with E-state index in [1.807, 2.05) is 13.8 Å². The summed E-state index contributed by atoms with van der Waals surface area (Å²) in [5, 5.41) is 3.20. The van der Waals surface area contributed by atoms with E-state index in [0.29, 0.717) is 17.6 Å². The number of aryl methyl sites for hydroxylation is 3. The zero-order chi connectivity index (χ0) is 15.9. The predicted octanol–water partition coefficient (Wildman–Crippen LogP) is 3.34. The van der Waals surface area contributed by atoms with Gasteiger partial charge in [0.15, 0.2) is 5.65 Å². The number of fused-ring (bicyclic) bond motifs is 1. The molecule has 4 heteroatoms. The van der Waals surface area contributed by atoms with E-state index in [0.717, 1.165) is 22.5 Å². The van der Waals surface area contributed by atoms with Crippen LogP contribution >= 0.6 is 0 Å². The second kappa shape index (κ2) is 5.30. The molecule has 0 aliphatic rings. The van der Waals surface area contributed by atoms with Gasteiger partial charge in [-0.3, -0.25) is 9.89 Å². The van der Waals surface area contributed by atoms with Crippen molar-refractivity contribution in [1.29, 1.82) is 0 Å². The first kappa shape index (κ1) is 14.3. The number of aromatic amines is 1. The van der Waals surface area contributed by atoms with Crippen LogP contribution in [0.5, 0.6) is 0 Å². The van der Waals surface area contributed by atoms with Crippen molar-refractivity contribution in [3.05, 3.63) is 69.7 Å². The molecule has 22 heavy (non-hydrogen) atoms. The standard InChI is InChI=1S/C18H19N3O/c1-5-6-15-13(4)19-17-12(3)16(20-21(17)18(15)22)14-9-7-11(2)8-10-14/h5,7-10,20H,1,6H2,2-4H3. The van der Waals surface area contributed by atoms with E-state index >= 15 is 0 Å². The quantitative estimate of drug-likeness (QED) is 0.753. The number of nitrogens with one attached hydrogen (secondary N) is 1. The maximum Gasteiger partial charge on any atom is 0.276 e. The number of benzene rings is 1. The molecule has 0 spiro atoms.